The fourth-order valence-corrected chi connectivity index (χ4v) is 4.41. The maximum absolute atomic E-state index is 14.6. The van der Waals surface area contributed by atoms with E-state index in [2.05, 4.69) is 25.5 Å². The summed E-state index contributed by atoms with van der Waals surface area (Å²) in [6, 6.07) is 11.3. The number of nitrogens with one attached hydrogen (secondary N) is 1. The molecule has 8 nitrogen and oxygen atoms in total. The summed E-state index contributed by atoms with van der Waals surface area (Å²) in [5.41, 5.74) is 3.11. The zero-order valence-electron chi connectivity index (χ0n) is 19.2. The topological polar surface area (TPSA) is 111 Å². The Morgan fingerprint density at radius 1 is 1.09 bits per heavy atom. The van der Waals surface area contributed by atoms with Crippen molar-refractivity contribution >= 4 is 9.84 Å². The molecule has 0 bridgehead atoms. The number of rotatable bonds is 7. The summed E-state index contributed by atoms with van der Waals surface area (Å²) >= 11 is 0. The van der Waals surface area contributed by atoms with Gasteiger partial charge in [-0.05, 0) is 57.6 Å². The Hall–Kier alpha value is -3.50. The zero-order valence-corrected chi connectivity index (χ0v) is 20.0. The normalized spacial score (nSPS) is 11.8. The van der Waals surface area contributed by atoms with Gasteiger partial charge in [0.15, 0.2) is 9.84 Å². The number of hydrogen-bond donors (Lipinski definition) is 1. The van der Waals surface area contributed by atoms with Crippen LogP contribution in [0, 0.1) is 12.7 Å². The van der Waals surface area contributed by atoms with Crippen LogP contribution in [0.5, 0.6) is 0 Å². The molecule has 0 saturated carbocycles. The lowest BCUT2D eigenvalue weighted by Gasteiger charge is -2.09. The molecule has 0 amide bonds. The summed E-state index contributed by atoms with van der Waals surface area (Å²) in [4.78, 5) is 9.22. The Bertz CT molecular complexity index is 1440. The van der Waals surface area contributed by atoms with Crippen LogP contribution in [0.25, 0.3) is 34.3 Å². The number of benzene rings is 2. The highest BCUT2D eigenvalue weighted by atomic mass is 32.2. The summed E-state index contributed by atoms with van der Waals surface area (Å²) in [5, 5.41) is 10.5. The number of hydrogen-bond acceptors (Lipinski definition) is 8. The Morgan fingerprint density at radius 2 is 1.79 bits per heavy atom. The number of nitrogens with zero attached hydrogens (tertiary/aromatic N) is 4. The molecule has 0 spiro atoms. The standard InChI is InChI=1S/C24H24FN5O3S.H2/c1-14(2)34(31,32)18-8-6-17(7-9-18)21-13-27-15(3)22(28-21)24-30-29-23(33-24)19-10-5-16(12-26-4)11-20(19)25;/h5-11,13-14,26H,12H2,1-4H3;1H. The Balaban J connectivity index is 0.00000342. The van der Waals surface area contributed by atoms with E-state index in [0.29, 0.717) is 29.2 Å². The monoisotopic (exact) mass is 483 g/mol. The van der Waals surface area contributed by atoms with E-state index in [4.69, 9.17) is 4.42 Å². The third-order valence-corrected chi connectivity index (χ3v) is 7.50. The minimum absolute atomic E-state index is 0. The van der Waals surface area contributed by atoms with Crippen molar-refractivity contribution in [3.8, 4) is 34.3 Å². The molecule has 178 valence electrons. The number of sulfone groups is 1. The molecular formula is C24H26FN5O3S. The molecule has 0 saturated heterocycles. The second-order valence-electron chi connectivity index (χ2n) is 8.06. The SMILES string of the molecule is CNCc1ccc(-c2nnc(-c3nc(-c4ccc(S(=O)(=O)C(C)C)cc4)cnc3C)o2)c(F)c1.[HH]. The van der Waals surface area contributed by atoms with Gasteiger partial charge in [0.25, 0.3) is 11.8 Å². The maximum atomic E-state index is 14.6. The van der Waals surface area contributed by atoms with Crippen LogP contribution in [-0.4, -0.2) is 40.9 Å². The van der Waals surface area contributed by atoms with Crippen molar-refractivity contribution in [2.75, 3.05) is 7.05 Å². The van der Waals surface area contributed by atoms with Crippen molar-refractivity contribution in [1.82, 2.24) is 25.5 Å². The van der Waals surface area contributed by atoms with E-state index in [-0.39, 0.29) is 23.7 Å². The second-order valence-corrected chi connectivity index (χ2v) is 10.6. The first-order valence-electron chi connectivity index (χ1n) is 10.7. The number of aromatic nitrogens is 4. The second kappa shape index (κ2) is 9.40. The first-order valence-corrected chi connectivity index (χ1v) is 12.2. The number of halogens is 1. The van der Waals surface area contributed by atoms with E-state index in [1.165, 1.54) is 6.07 Å². The van der Waals surface area contributed by atoms with E-state index in [1.807, 2.05) is 0 Å². The summed E-state index contributed by atoms with van der Waals surface area (Å²) < 4.78 is 45.1. The van der Waals surface area contributed by atoms with Gasteiger partial charge in [-0.3, -0.25) is 4.98 Å². The molecule has 0 aliphatic heterocycles. The van der Waals surface area contributed by atoms with E-state index in [9.17, 15) is 12.8 Å². The average Bonchev–Trinajstić information content (AvgIpc) is 3.29. The summed E-state index contributed by atoms with van der Waals surface area (Å²) in [6.07, 6.45) is 1.59. The van der Waals surface area contributed by atoms with Gasteiger partial charge in [-0.1, -0.05) is 18.2 Å². The minimum atomic E-state index is -3.37. The molecule has 0 atom stereocenters. The van der Waals surface area contributed by atoms with Gasteiger partial charge in [0.2, 0.25) is 0 Å². The Labute approximate surface area is 198 Å². The van der Waals surface area contributed by atoms with Crippen molar-refractivity contribution in [2.24, 2.45) is 0 Å². The molecule has 0 aliphatic carbocycles. The summed E-state index contributed by atoms with van der Waals surface area (Å²) in [7, 11) is -1.58. The highest BCUT2D eigenvalue weighted by Crippen LogP contribution is 2.29. The predicted molar refractivity (Wildman–Crippen MR) is 128 cm³/mol. The van der Waals surface area contributed by atoms with Crippen LogP contribution < -0.4 is 5.32 Å². The van der Waals surface area contributed by atoms with E-state index >= 15 is 0 Å². The Kier molecular flexibility index (Phi) is 6.54. The van der Waals surface area contributed by atoms with Crippen molar-refractivity contribution in [3.63, 3.8) is 0 Å². The maximum Gasteiger partial charge on any atom is 0.268 e. The van der Waals surface area contributed by atoms with E-state index in [1.54, 1.807) is 70.4 Å². The molecule has 10 heteroatoms. The fraction of sp³-hybridized carbons (Fsp3) is 0.250. The molecule has 34 heavy (non-hydrogen) atoms. The van der Waals surface area contributed by atoms with Gasteiger partial charge in [0, 0.05) is 13.5 Å². The molecule has 0 unspecified atom stereocenters. The van der Waals surface area contributed by atoms with Gasteiger partial charge >= 0.3 is 0 Å². The van der Waals surface area contributed by atoms with Crippen LogP contribution in [0.2, 0.25) is 0 Å². The molecule has 2 aromatic heterocycles. The third kappa shape index (κ3) is 4.59. The number of aryl methyl sites for hydroxylation is 1. The molecule has 2 heterocycles. The summed E-state index contributed by atoms with van der Waals surface area (Å²) in [6.45, 7) is 5.57. The molecule has 4 aromatic rings. The lowest BCUT2D eigenvalue weighted by molar-refractivity contribution is 0.567. The van der Waals surface area contributed by atoms with Crippen molar-refractivity contribution < 1.29 is 18.7 Å². The minimum Gasteiger partial charge on any atom is -0.414 e. The van der Waals surface area contributed by atoms with Crippen LogP contribution in [-0.2, 0) is 16.4 Å². The largest absolute Gasteiger partial charge is 0.414 e. The molecule has 2 aromatic carbocycles. The molecule has 0 aliphatic rings. The average molecular weight is 484 g/mol. The molecule has 4 rings (SSSR count). The summed E-state index contributed by atoms with van der Waals surface area (Å²) in [5.74, 6) is -0.311. The molecular weight excluding hydrogens is 457 g/mol. The predicted octanol–water partition coefficient (Wildman–Crippen LogP) is 4.46. The third-order valence-electron chi connectivity index (χ3n) is 5.33. The smallest absolute Gasteiger partial charge is 0.268 e. The first kappa shape index (κ1) is 23.7. The van der Waals surface area contributed by atoms with Gasteiger partial charge < -0.3 is 9.73 Å². The van der Waals surface area contributed by atoms with Gasteiger partial charge in [-0.25, -0.2) is 17.8 Å². The van der Waals surface area contributed by atoms with Crippen LogP contribution in [0.1, 0.15) is 26.5 Å². The van der Waals surface area contributed by atoms with Crippen LogP contribution in [0.3, 0.4) is 0 Å². The molecule has 0 radical (unpaired) electrons. The fourth-order valence-electron chi connectivity index (χ4n) is 3.35. The van der Waals surface area contributed by atoms with Crippen molar-refractivity contribution in [2.45, 2.75) is 37.5 Å². The van der Waals surface area contributed by atoms with Gasteiger partial charge in [0.1, 0.15) is 11.5 Å². The highest BCUT2D eigenvalue weighted by Gasteiger charge is 2.20. The van der Waals surface area contributed by atoms with Gasteiger partial charge in [0.05, 0.1) is 33.3 Å². The van der Waals surface area contributed by atoms with Crippen LogP contribution in [0.15, 0.2) is 58.0 Å². The van der Waals surface area contributed by atoms with Crippen LogP contribution >= 0.6 is 0 Å². The van der Waals surface area contributed by atoms with Gasteiger partial charge in [-0.2, -0.15) is 0 Å². The molecule has 0 fully saturated rings. The molecule has 1 N–H and O–H groups in total. The first-order chi connectivity index (χ1) is 16.2. The van der Waals surface area contributed by atoms with Crippen molar-refractivity contribution in [3.05, 3.63) is 65.7 Å². The van der Waals surface area contributed by atoms with Crippen molar-refractivity contribution in [1.29, 1.82) is 0 Å². The van der Waals surface area contributed by atoms with Crippen LogP contribution in [0.4, 0.5) is 4.39 Å². The Morgan fingerprint density at radius 3 is 2.44 bits per heavy atom. The zero-order chi connectivity index (χ0) is 24.5. The lowest BCUT2D eigenvalue weighted by atomic mass is 10.1. The lowest BCUT2D eigenvalue weighted by Crippen LogP contribution is -2.13. The van der Waals surface area contributed by atoms with Gasteiger partial charge in [-0.15, -0.1) is 10.2 Å². The quantitative estimate of drug-likeness (QED) is 0.410. The highest BCUT2D eigenvalue weighted by molar-refractivity contribution is 7.92. The van der Waals surface area contributed by atoms with E-state index in [0.717, 1.165) is 5.56 Å². The van der Waals surface area contributed by atoms with E-state index < -0.39 is 20.9 Å².